The Bertz CT molecular complexity index is 433. The van der Waals surface area contributed by atoms with Gasteiger partial charge in [0.15, 0.2) is 11.5 Å². The lowest BCUT2D eigenvalue weighted by Crippen LogP contribution is -2.31. The van der Waals surface area contributed by atoms with Crippen molar-refractivity contribution in [3.05, 3.63) is 17.7 Å². The van der Waals surface area contributed by atoms with Crippen LogP contribution in [0.2, 0.25) is 0 Å². The number of benzene rings is 1. The highest BCUT2D eigenvalue weighted by atomic mass is 16.7. The van der Waals surface area contributed by atoms with Crippen molar-refractivity contribution in [1.29, 1.82) is 0 Å². The van der Waals surface area contributed by atoms with Crippen molar-refractivity contribution >= 4 is 0 Å². The quantitative estimate of drug-likeness (QED) is 0.736. The molecule has 0 saturated carbocycles. The predicted octanol–water partition coefficient (Wildman–Crippen LogP) is 1.86. The van der Waals surface area contributed by atoms with Crippen LogP contribution in [0, 0.1) is 0 Å². The van der Waals surface area contributed by atoms with Crippen LogP contribution in [-0.2, 0) is 6.54 Å². The van der Waals surface area contributed by atoms with Crippen LogP contribution in [0.25, 0.3) is 0 Å². The maximum Gasteiger partial charge on any atom is 0.231 e. The van der Waals surface area contributed by atoms with Gasteiger partial charge in [0.25, 0.3) is 0 Å². The molecule has 1 aromatic carbocycles. The second-order valence-electron chi connectivity index (χ2n) is 4.74. The Balaban J connectivity index is 1.87. The molecule has 1 aromatic rings. The molecule has 0 saturated heterocycles. The van der Waals surface area contributed by atoms with E-state index in [1.54, 1.807) is 7.11 Å². The van der Waals surface area contributed by atoms with Crippen LogP contribution in [0.1, 0.15) is 19.4 Å². The number of hydrogen-bond acceptors (Lipinski definition) is 5. The topological polar surface area (TPSA) is 43.0 Å². The van der Waals surface area contributed by atoms with Gasteiger partial charge in [0, 0.05) is 19.6 Å². The third-order valence-electron chi connectivity index (χ3n) is 3.55. The van der Waals surface area contributed by atoms with Gasteiger partial charge in [-0.2, -0.15) is 0 Å². The third-order valence-corrected chi connectivity index (χ3v) is 3.55. The standard InChI is InChI=1S/C15H24N2O3/c1-4-17(5-2)7-6-16-10-12-8-13(18-3)15-14(9-12)19-11-20-15/h8-9,16H,4-7,10-11H2,1-3H3. The monoisotopic (exact) mass is 280 g/mol. The minimum atomic E-state index is 0.268. The highest BCUT2D eigenvalue weighted by Crippen LogP contribution is 2.41. The van der Waals surface area contributed by atoms with Crippen molar-refractivity contribution in [1.82, 2.24) is 10.2 Å². The van der Waals surface area contributed by atoms with Crippen LogP contribution in [0.15, 0.2) is 12.1 Å². The van der Waals surface area contributed by atoms with Crippen molar-refractivity contribution in [3.8, 4) is 17.2 Å². The molecule has 0 unspecified atom stereocenters. The molecule has 1 aliphatic heterocycles. The van der Waals surface area contributed by atoms with E-state index in [9.17, 15) is 0 Å². The first-order valence-electron chi connectivity index (χ1n) is 7.18. The summed E-state index contributed by atoms with van der Waals surface area (Å²) in [7, 11) is 1.65. The van der Waals surface area contributed by atoms with Gasteiger partial charge < -0.3 is 24.4 Å². The van der Waals surface area contributed by atoms with E-state index in [1.165, 1.54) is 0 Å². The number of methoxy groups -OCH3 is 1. The van der Waals surface area contributed by atoms with E-state index in [2.05, 4.69) is 24.1 Å². The first kappa shape index (κ1) is 14.9. The van der Waals surface area contributed by atoms with E-state index >= 15 is 0 Å². The smallest absolute Gasteiger partial charge is 0.231 e. The van der Waals surface area contributed by atoms with Crippen LogP contribution >= 0.6 is 0 Å². The van der Waals surface area contributed by atoms with E-state index in [1.807, 2.05) is 12.1 Å². The minimum absolute atomic E-state index is 0.268. The third kappa shape index (κ3) is 3.55. The molecule has 0 amide bonds. The first-order valence-corrected chi connectivity index (χ1v) is 7.18. The summed E-state index contributed by atoms with van der Waals surface area (Å²) in [4.78, 5) is 2.40. The number of likely N-dealkylation sites (N-methyl/N-ethyl adjacent to an activating group) is 1. The van der Waals surface area contributed by atoms with Gasteiger partial charge in [0.05, 0.1) is 7.11 Å². The van der Waals surface area contributed by atoms with Crippen molar-refractivity contribution < 1.29 is 14.2 Å². The lowest BCUT2D eigenvalue weighted by atomic mass is 10.2. The second-order valence-corrected chi connectivity index (χ2v) is 4.74. The zero-order valence-corrected chi connectivity index (χ0v) is 12.6. The molecule has 5 heteroatoms. The molecule has 0 atom stereocenters. The van der Waals surface area contributed by atoms with Crippen LogP contribution in [-0.4, -0.2) is 45.0 Å². The molecule has 1 N–H and O–H groups in total. The normalized spacial score (nSPS) is 13.0. The average Bonchev–Trinajstić information content (AvgIpc) is 2.95. The van der Waals surface area contributed by atoms with Crippen molar-refractivity contribution in [2.24, 2.45) is 0 Å². The molecule has 5 nitrogen and oxygen atoms in total. The molecule has 20 heavy (non-hydrogen) atoms. The number of hydrogen-bond donors (Lipinski definition) is 1. The maximum atomic E-state index is 5.42. The van der Waals surface area contributed by atoms with Crippen molar-refractivity contribution in [3.63, 3.8) is 0 Å². The number of rotatable bonds is 8. The summed E-state index contributed by atoms with van der Waals surface area (Å²) in [5, 5.41) is 3.45. The fourth-order valence-electron chi connectivity index (χ4n) is 2.30. The van der Waals surface area contributed by atoms with E-state index in [0.29, 0.717) is 5.75 Å². The first-order chi connectivity index (χ1) is 9.78. The molecular weight excluding hydrogens is 256 g/mol. The lowest BCUT2D eigenvalue weighted by Gasteiger charge is -2.18. The minimum Gasteiger partial charge on any atom is -0.493 e. The predicted molar refractivity (Wildman–Crippen MR) is 78.6 cm³/mol. The molecular formula is C15H24N2O3. The molecule has 0 aromatic heterocycles. The Kier molecular flexibility index (Phi) is 5.49. The Hall–Kier alpha value is -1.46. The molecule has 112 valence electrons. The Morgan fingerprint density at radius 3 is 2.75 bits per heavy atom. The van der Waals surface area contributed by atoms with Gasteiger partial charge in [-0.05, 0) is 30.8 Å². The van der Waals surface area contributed by atoms with Gasteiger partial charge in [0.1, 0.15) is 0 Å². The summed E-state index contributed by atoms with van der Waals surface area (Å²) < 4.78 is 16.1. The molecule has 0 spiro atoms. The van der Waals surface area contributed by atoms with Gasteiger partial charge >= 0.3 is 0 Å². The SMILES string of the molecule is CCN(CC)CCNCc1cc(OC)c2c(c1)OCO2. The summed E-state index contributed by atoms with van der Waals surface area (Å²) in [6.07, 6.45) is 0. The summed E-state index contributed by atoms with van der Waals surface area (Å²) in [6, 6.07) is 4.01. The van der Waals surface area contributed by atoms with Gasteiger partial charge in [-0.1, -0.05) is 13.8 Å². The van der Waals surface area contributed by atoms with E-state index in [0.717, 1.165) is 49.8 Å². The number of fused-ring (bicyclic) bond motifs is 1. The van der Waals surface area contributed by atoms with Crippen LogP contribution < -0.4 is 19.5 Å². The van der Waals surface area contributed by atoms with E-state index in [-0.39, 0.29) is 6.79 Å². The fourth-order valence-corrected chi connectivity index (χ4v) is 2.30. The summed E-state index contributed by atoms with van der Waals surface area (Å²) >= 11 is 0. The van der Waals surface area contributed by atoms with Crippen LogP contribution in [0.3, 0.4) is 0 Å². The van der Waals surface area contributed by atoms with Gasteiger partial charge in [-0.15, -0.1) is 0 Å². The Labute approximate surface area is 120 Å². The zero-order valence-electron chi connectivity index (χ0n) is 12.6. The second kappa shape index (κ2) is 7.36. The Morgan fingerprint density at radius 2 is 2.05 bits per heavy atom. The maximum absolute atomic E-state index is 5.42. The molecule has 0 fully saturated rings. The molecule has 1 heterocycles. The number of ether oxygens (including phenoxy) is 3. The highest BCUT2D eigenvalue weighted by molar-refractivity contribution is 5.55. The summed E-state index contributed by atoms with van der Waals surface area (Å²) in [6.45, 7) is 9.66. The molecule has 2 rings (SSSR count). The van der Waals surface area contributed by atoms with Gasteiger partial charge in [-0.25, -0.2) is 0 Å². The fraction of sp³-hybridized carbons (Fsp3) is 0.600. The van der Waals surface area contributed by atoms with Gasteiger partial charge in [0.2, 0.25) is 12.5 Å². The average molecular weight is 280 g/mol. The summed E-state index contributed by atoms with van der Waals surface area (Å²) in [5.74, 6) is 2.21. The molecule has 0 radical (unpaired) electrons. The highest BCUT2D eigenvalue weighted by Gasteiger charge is 2.19. The Morgan fingerprint density at radius 1 is 1.25 bits per heavy atom. The molecule has 0 bridgehead atoms. The lowest BCUT2D eigenvalue weighted by molar-refractivity contribution is 0.171. The largest absolute Gasteiger partial charge is 0.493 e. The van der Waals surface area contributed by atoms with Gasteiger partial charge in [-0.3, -0.25) is 0 Å². The summed E-state index contributed by atoms with van der Waals surface area (Å²) in [5.41, 5.74) is 1.14. The molecule has 1 aliphatic rings. The van der Waals surface area contributed by atoms with E-state index < -0.39 is 0 Å². The van der Waals surface area contributed by atoms with Crippen molar-refractivity contribution in [2.75, 3.05) is 40.1 Å². The van der Waals surface area contributed by atoms with Crippen LogP contribution in [0.5, 0.6) is 17.2 Å². The number of nitrogens with zero attached hydrogens (tertiary/aromatic N) is 1. The zero-order chi connectivity index (χ0) is 14.4. The van der Waals surface area contributed by atoms with Crippen LogP contribution in [0.4, 0.5) is 0 Å². The molecule has 0 aliphatic carbocycles. The van der Waals surface area contributed by atoms with E-state index in [4.69, 9.17) is 14.2 Å². The van der Waals surface area contributed by atoms with Crippen molar-refractivity contribution in [2.45, 2.75) is 20.4 Å². The number of nitrogens with one attached hydrogen (secondary N) is 1.